The van der Waals surface area contributed by atoms with E-state index in [1.807, 2.05) is 0 Å². The molecule has 0 aromatic carbocycles. The highest BCUT2D eigenvalue weighted by Gasteiger charge is 2.19. The van der Waals surface area contributed by atoms with Gasteiger partial charge in [0.2, 0.25) is 5.82 Å². The maximum absolute atomic E-state index is 11.0. The number of nitroso groups, excluding NO2 is 1. The van der Waals surface area contributed by atoms with Crippen molar-refractivity contribution in [1.82, 2.24) is 9.38 Å². The van der Waals surface area contributed by atoms with Crippen LogP contribution in [0.3, 0.4) is 0 Å². The molecule has 0 bridgehead atoms. The Morgan fingerprint density at radius 3 is 2.67 bits per heavy atom. The average molecular weight is 249 g/mol. The summed E-state index contributed by atoms with van der Waals surface area (Å²) in [5.74, 6) is -2.60. The number of imidazole rings is 1. The Labute approximate surface area is 99.5 Å². The number of carboxylic acid groups (broad SMARTS) is 2. The van der Waals surface area contributed by atoms with Crippen molar-refractivity contribution in [2.75, 3.05) is 0 Å². The van der Waals surface area contributed by atoms with Crippen molar-refractivity contribution in [2.24, 2.45) is 5.18 Å². The number of fused-ring (bicyclic) bond motifs is 1. The standard InChI is InChI=1S/C10H7N3O5/c14-7(15)4-6-9(12-18)13-3-1-2-5(10(16)17)8(13)11-6/h1-3H,4H2,(H,14,15)(H,16,17). The van der Waals surface area contributed by atoms with Crippen molar-refractivity contribution in [3.05, 3.63) is 34.5 Å². The number of hydrogen-bond donors (Lipinski definition) is 2. The van der Waals surface area contributed by atoms with Gasteiger partial charge in [-0.25, -0.2) is 9.78 Å². The van der Waals surface area contributed by atoms with Gasteiger partial charge in [0.05, 0.1) is 6.42 Å². The number of pyridine rings is 1. The fraction of sp³-hybridized carbons (Fsp3) is 0.100. The Bertz CT molecular complexity index is 661. The number of nitrogens with zero attached hydrogens (tertiary/aromatic N) is 3. The van der Waals surface area contributed by atoms with E-state index in [1.54, 1.807) is 0 Å². The first kappa shape index (κ1) is 11.7. The molecular formula is C10H7N3O5. The van der Waals surface area contributed by atoms with E-state index < -0.39 is 18.4 Å². The van der Waals surface area contributed by atoms with Crippen LogP contribution >= 0.6 is 0 Å². The zero-order valence-corrected chi connectivity index (χ0v) is 8.90. The molecule has 2 aromatic rings. The van der Waals surface area contributed by atoms with E-state index in [-0.39, 0.29) is 22.7 Å². The molecule has 8 nitrogen and oxygen atoms in total. The number of rotatable bonds is 4. The number of hydrogen-bond acceptors (Lipinski definition) is 5. The summed E-state index contributed by atoms with van der Waals surface area (Å²) in [6.45, 7) is 0. The fourth-order valence-electron chi connectivity index (χ4n) is 1.63. The van der Waals surface area contributed by atoms with Crippen molar-refractivity contribution in [3.63, 3.8) is 0 Å². The molecular weight excluding hydrogens is 242 g/mol. The van der Waals surface area contributed by atoms with Gasteiger partial charge in [-0.3, -0.25) is 9.20 Å². The lowest BCUT2D eigenvalue weighted by atomic mass is 10.3. The predicted molar refractivity (Wildman–Crippen MR) is 58.9 cm³/mol. The number of aromatic carboxylic acids is 1. The third kappa shape index (κ3) is 1.79. The van der Waals surface area contributed by atoms with Gasteiger partial charge in [-0.2, -0.15) is 0 Å². The Morgan fingerprint density at radius 2 is 2.11 bits per heavy atom. The van der Waals surface area contributed by atoms with E-state index in [0.717, 1.165) is 4.40 Å². The van der Waals surface area contributed by atoms with E-state index >= 15 is 0 Å². The van der Waals surface area contributed by atoms with Crippen LogP contribution in [-0.2, 0) is 11.2 Å². The first-order valence-electron chi connectivity index (χ1n) is 4.83. The lowest BCUT2D eigenvalue weighted by Gasteiger charge is -1.97. The zero-order chi connectivity index (χ0) is 13.3. The highest BCUT2D eigenvalue weighted by molar-refractivity contribution is 5.95. The molecule has 0 aliphatic rings. The molecule has 2 aromatic heterocycles. The third-order valence-corrected chi connectivity index (χ3v) is 2.33. The maximum atomic E-state index is 11.0. The maximum Gasteiger partial charge on any atom is 0.339 e. The summed E-state index contributed by atoms with van der Waals surface area (Å²) in [4.78, 5) is 36.2. The van der Waals surface area contributed by atoms with Gasteiger partial charge in [-0.05, 0) is 17.3 Å². The van der Waals surface area contributed by atoms with E-state index in [1.165, 1.54) is 18.3 Å². The second-order valence-corrected chi connectivity index (χ2v) is 3.46. The molecule has 0 saturated heterocycles. The van der Waals surface area contributed by atoms with Crippen LogP contribution in [-0.4, -0.2) is 31.5 Å². The lowest BCUT2D eigenvalue weighted by Crippen LogP contribution is -2.01. The Hall–Kier alpha value is -2.77. The average Bonchev–Trinajstić information content (AvgIpc) is 2.64. The second-order valence-electron chi connectivity index (χ2n) is 3.46. The van der Waals surface area contributed by atoms with Crippen LogP contribution in [0, 0.1) is 4.91 Å². The molecule has 0 spiro atoms. The van der Waals surface area contributed by atoms with Gasteiger partial charge >= 0.3 is 11.9 Å². The number of aromatic nitrogens is 2. The molecule has 0 unspecified atom stereocenters. The minimum absolute atomic E-state index is 0.00384. The first-order valence-corrected chi connectivity index (χ1v) is 4.83. The van der Waals surface area contributed by atoms with Crippen LogP contribution < -0.4 is 0 Å². The van der Waals surface area contributed by atoms with E-state index in [2.05, 4.69) is 10.2 Å². The van der Waals surface area contributed by atoms with Gasteiger partial charge in [0.1, 0.15) is 11.3 Å². The van der Waals surface area contributed by atoms with Gasteiger partial charge in [0.25, 0.3) is 0 Å². The topological polar surface area (TPSA) is 121 Å². The normalized spacial score (nSPS) is 10.4. The smallest absolute Gasteiger partial charge is 0.339 e. The molecule has 0 aliphatic carbocycles. The van der Waals surface area contributed by atoms with Gasteiger partial charge in [-0.15, -0.1) is 4.91 Å². The van der Waals surface area contributed by atoms with Crippen LogP contribution in [0.25, 0.3) is 5.65 Å². The fourth-order valence-corrected chi connectivity index (χ4v) is 1.63. The summed E-state index contributed by atoms with van der Waals surface area (Å²) in [5, 5.41) is 20.3. The lowest BCUT2D eigenvalue weighted by molar-refractivity contribution is -0.136. The van der Waals surface area contributed by atoms with Gasteiger partial charge in [-0.1, -0.05) is 0 Å². The molecule has 2 rings (SSSR count). The summed E-state index contributed by atoms with van der Waals surface area (Å²) in [5.41, 5.74) is -0.193. The zero-order valence-electron chi connectivity index (χ0n) is 8.90. The second kappa shape index (κ2) is 4.24. The minimum Gasteiger partial charge on any atom is -0.481 e. The van der Waals surface area contributed by atoms with E-state index in [4.69, 9.17) is 10.2 Å². The van der Waals surface area contributed by atoms with Crippen molar-refractivity contribution in [3.8, 4) is 0 Å². The summed E-state index contributed by atoms with van der Waals surface area (Å²) < 4.78 is 1.16. The summed E-state index contributed by atoms with van der Waals surface area (Å²) >= 11 is 0. The Kier molecular flexibility index (Phi) is 2.76. The highest BCUT2D eigenvalue weighted by Crippen LogP contribution is 2.23. The molecule has 2 heterocycles. The molecule has 18 heavy (non-hydrogen) atoms. The largest absolute Gasteiger partial charge is 0.481 e. The Balaban J connectivity index is 2.75. The minimum atomic E-state index is -1.22. The van der Waals surface area contributed by atoms with Crippen molar-refractivity contribution in [1.29, 1.82) is 0 Å². The first-order chi connectivity index (χ1) is 8.54. The summed E-state index contributed by atoms with van der Waals surface area (Å²) in [6.07, 6.45) is 0.901. The van der Waals surface area contributed by atoms with Crippen molar-refractivity contribution in [2.45, 2.75) is 6.42 Å². The highest BCUT2D eigenvalue weighted by atomic mass is 16.4. The third-order valence-electron chi connectivity index (χ3n) is 2.33. The predicted octanol–water partition coefficient (Wildman–Crippen LogP) is 1.06. The van der Waals surface area contributed by atoms with Crippen LogP contribution in [0.1, 0.15) is 16.1 Å². The molecule has 0 radical (unpaired) electrons. The number of carboxylic acids is 2. The van der Waals surface area contributed by atoms with Crippen LogP contribution in [0.2, 0.25) is 0 Å². The molecule has 0 saturated carbocycles. The number of aliphatic carboxylic acids is 1. The molecule has 0 atom stereocenters. The van der Waals surface area contributed by atoms with Gasteiger partial charge < -0.3 is 10.2 Å². The van der Waals surface area contributed by atoms with Crippen LogP contribution in [0.5, 0.6) is 0 Å². The molecule has 8 heteroatoms. The Morgan fingerprint density at radius 1 is 1.39 bits per heavy atom. The van der Waals surface area contributed by atoms with E-state index in [9.17, 15) is 14.5 Å². The molecule has 92 valence electrons. The summed E-state index contributed by atoms with van der Waals surface area (Å²) in [6, 6.07) is 2.72. The van der Waals surface area contributed by atoms with Gasteiger partial charge in [0.15, 0.2) is 5.65 Å². The quantitative estimate of drug-likeness (QED) is 0.781. The van der Waals surface area contributed by atoms with Crippen LogP contribution in [0.4, 0.5) is 5.82 Å². The number of carbonyl (C=O) groups is 2. The van der Waals surface area contributed by atoms with Crippen molar-refractivity contribution < 1.29 is 19.8 Å². The monoisotopic (exact) mass is 249 g/mol. The SMILES string of the molecule is O=Nc1c(CC(=O)O)nc2c(C(=O)O)cccn12. The molecule has 0 amide bonds. The molecule has 2 N–H and O–H groups in total. The van der Waals surface area contributed by atoms with Gasteiger partial charge in [0, 0.05) is 6.20 Å². The van der Waals surface area contributed by atoms with E-state index in [0.29, 0.717) is 0 Å². The summed E-state index contributed by atoms with van der Waals surface area (Å²) in [7, 11) is 0. The molecule has 0 fully saturated rings. The van der Waals surface area contributed by atoms with Crippen LogP contribution in [0.15, 0.2) is 23.5 Å². The van der Waals surface area contributed by atoms with Crippen molar-refractivity contribution >= 4 is 23.4 Å². The molecule has 0 aliphatic heterocycles.